The van der Waals surface area contributed by atoms with Gasteiger partial charge in [0.2, 0.25) is 0 Å². The Balaban J connectivity index is 2.50. The molecule has 4 nitrogen and oxygen atoms in total. The van der Waals surface area contributed by atoms with E-state index >= 15 is 0 Å². The number of aliphatic hydroxyl groups excluding tert-OH is 1. The molecule has 0 aliphatic heterocycles. The summed E-state index contributed by atoms with van der Waals surface area (Å²) >= 11 is 0. The van der Waals surface area contributed by atoms with Gasteiger partial charge in [0, 0.05) is 20.8 Å². The van der Waals surface area contributed by atoms with Gasteiger partial charge in [0.1, 0.15) is 0 Å². The van der Waals surface area contributed by atoms with Crippen LogP contribution in [0.15, 0.2) is 30.3 Å². The van der Waals surface area contributed by atoms with Crippen molar-refractivity contribution >= 4 is 0 Å². The van der Waals surface area contributed by atoms with E-state index < -0.39 is 0 Å². The van der Waals surface area contributed by atoms with Gasteiger partial charge in [-0.3, -0.25) is 0 Å². The SMILES string of the molecule is COC(CN[C@@H](CO)c1ccccc1)OC. The Labute approximate surface area is 96.2 Å². The minimum absolute atomic E-state index is 0.0458. The monoisotopic (exact) mass is 225 g/mol. The van der Waals surface area contributed by atoms with Crippen LogP contribution in [0.5, 0.6) is 0 Å². The Bertz CT molecular complexity index is 275. The first-order valence-electron chi connectivity index (χ1n) is 5.26. The van der Waals surface area contributed by atoms with Gasteiger partial charge < -0.3 is 19.9 Å². The number of rotatable bonds is 7. The first-order valence-corrected chi connectivity index (χ1v) is 5.26. The van der Waals surface area contributed by atoms with E-state index in [1.807, 2.05) is 30.3 Å². The molecule has 0 aromatic heterocycles. The van der Waals surface area contributed by atoms with Crippen molar-refractivity contribution in [2.45, 2.75) is 12.3 Å². The van der Waals surface area contributed by atoms with Crippen molar-refractivity contribution in [2.24, 2.45) is 0 Å². The number of ether oxygens (including phenoxy) is 2. The van der Waals surface area contributed by atoms with Gasteiger partial charge in [-0.25, -0.2) is 0 Å². The average molecular weight is 225 g/mol. The fraction of sp³-hybridized carbons (Fsp3) is 0.500. The van der Waals surface area contributed by atoms with Crippen molar-refractivity contribution in [1.29, 1.82) is 0 Å². The number of methoxy groups -OCH3 is 2. The zero-order chi connectivity index (χ0) is 11.8. The molecular formula is C12H19NO3. The molecule has 0 amide bonds. The fourth-order valence-corrected chi connectivity index (χ4v) is 1.47. The standard InChI is InChI=1S/C12H19NO3/c1-15-12(16-2)8-13-11(9-14)10-6-4-3-5-7-10/h3-7,11-14H,8-9H2,1-2H3/t11-/m0/s1. The molecule has 0 saturated carbocycles. The highest BCUT2D eigenvalue weighted by atomic mass is 16.7. The van der Waals surface area contributed by atoms with Crippen LogP contribution in [0.4, 0.5) is 0 Å². The predicted molar refractivity (Wildman–Crippen MR) is 62.1 cm³/mol. The predicted octanol–water partition coefficient (Wildman–Crippen LogP) is 0.928. The molecule has 0 heterocycles. The quantitative estimate of drug-likeness (QED) is 0.678. The van der Waals surface area contributed by atoms with Crippen LogP contribution in [0.25, 0.3) is 0 Å². The normalized spacial score (nSPS) is 13.0. The third kappa shape index (κ3) is 3.90. The van der Waals surface area contributed by atoms with E-state index in [-0.39, 0.29) is 18.9 Å². The second-order valence-corrected chi connectivity index (χ2v) is 3.46. The van der Waals surface area contributed by atoms with Crippen molar-refractivity contribution < 1.29 is 14.6 Å². The highest BCUT2D eigenvalue weighted by molar-refractivity contribution is 5.18. The summed E-state index contributed by atoms with van der Waals surface area (Å²) in [5.74, 6) is 0. The van der Waals surface area contributed by atoms with E-state index in [9.17, 15) is 5.11 Å². The largest absolute Gasteiger partial charge is 0.394 e. The van der Waals surface area contributed by atoms with Crippen LogP contribution in [0.2, 0.25) is 0 Å². The molecule has 16 heavy (non-hydrogen) atoms. The molecule has 1 atom stereocenters. The van der Waals surface area contributed by atoms with E-state index in [4.69, 9.17) is 9.47 Å². The lowest BCUT2D eigenvalue weighted by molar-refractivity contribution is -0.100. The van der Waals surface area contributed by atoms with Gasteiger partial charge >= 0.3 is 0 Å². The number of hydrogen-bond donors (Lipinski definition) is 2. The van der Waals surface area contributed by atoms with E-state index in [0.717, 1.165) is 5.56 Å². The van der Waals surface area contributed by atoms with E-state index in [1.54, 1.807) is 14.2 Å². The van der Waals surface area contributed by atoms with Crippen LogP contribution in [-0.2, 0) is 9.47 Å². The number of aliphatic hydroxyl groups is 1. The maximum Gasteiger partial charge on any atom is 0.169 e. The molecule has 0 radical (unpaired) electrons. The van der Waals surface area contributed by atoms with Crippen molar-refractivity contribution in [2.75, 3.05) is 27.4 Å². The molecule has 1 aromatic carbocycles. The molecule has 0 fully saturated rings. The molecule has 0 aliphatic rings. The molecule has 1 aromatic rings. The topological polar surface area (TPSA) is 50.7 Å². The van der Waals surface area contributed by atoms with Gasteiger partial charge in [-0.05, 0) is 5.56 Å². The fourth-order valence-electron chi connectivity index (χ4n) is 1.47. The van der Waals surface area contributed by atoms with Crippen molar-refractivity contribution in [1.82, 2.24) is 5.32 Å². The van der Waals surface area contributed by atoms with Gasteiger partial charge in [-0.2, -0.15) is 0 Å². The molecule has 0 bridgehead atoms. The van der Waals surface area contributed by atoms with Crippen molar-refractivity contribution in [3.63, 3.8) is 0 Å². The summed E-state index contributed by atoms with van der Waals surface area (Å²) in [6, 6.07) is 9.71. The Morgan fingerprint density at radius 2 is 1.81 bits per heavy atom. The van der Waals surface area contributed by atoms with Crippen LogP contribution in [-0.4, -0.2) is 38.8 Å². The van der Waals surface area contributed by atoms with E-state index in [0.29, 0.717) is 6.54 Å². The smallest absolute Gasteiger partial charge is 0.169 e. The van der Waals surface area contributed by atoms with E-state index in [1.165, 1.54) is 0 Å². The third-order valence-electron chi connectivity index (χ3n) is 2.44. The maximum absolute atomic E-state index is 9.29. The summed E-state index contributed by atoms with van der Waals surface area (Å²) in [6.07, 6.45) is -0.294. The summed E-state index contributed by atoms with van der Waals surface area (Å²) < 4.78 is 10.1. The van der Waals surface area contributed by atoms with Gasteiger partial charge in [0.25, 0.3) is 0 Å². The maximum atomic E-state index is 9.29. The second-order valence-electron chi connectivity index (χ2n) is 3.46. The second kappa shape index (κ2) is 7.35. The zero-order valence-electron chi connectivity index (χ0n) is 9.72. The number of benzene rings is 1. The summed E-state index contributed by atoms with van der Waals surface area (Å²) in [7, 11) is 3.18. The highest BCUT2D eigenvalue weighted by Gasteiger charge is 2.12. The van der Waals surface area contributed by atoms with Gasteiger partial charge in [0.05, 0.1) is 12.6 Å². The Hall–Kier alpha value is -0.940. The average Bonchev–Trinajstić information content (AvgIpc) is 2.36. The molecule has 90 valence electrons. The molecule has 0 unspecified atom stereocenters. The van der Waals surface area contributed by atoms with Crippen LogP contribution < -0.4 is 5.32 Å². The number of hydrogen-bond acceptors (Lipinski definition) is 4. The highest BCUT2D eigenvalue weighted by Crippen LogP contribution is 2.11. The molecule has 0 saturated heterocycles. The first kappa shape index (κ1) is 13.1. The molecule has 0 spiro atoms. The Morgan fingerprint density at radius 1 is 1.19 bits per heavy atom. The van der Waals surface area contributed by atoms with Crippen LogP contribution in [0.3, 0.4) is 0 Å². The lowest BCUT2D eigenvalue weighted by atomic mass is 10.1. The van der Waals surface area contributed by atoms with Gasteiger partial charge in [0.15, 0.2) is 6.29 Å². The summed E-state index contributed by atoms with van der Waals surface area (Å²) in [6.45, 7) is 0.581. The van der Waals surface area contributed by atoms with Crippen LogP contribution >= 0.6 is 0 Å². The minimum Gasteiger partial charge on any atom is -0.394 e. The van der Waals surface area contributed by atoms with Crippen LogP contribution in [0, 0.1) is 0 Å². The van der Waals surface area contributed by atoms with Crippen molar-refractivity contribution in [3.05, 3.63) is 35.9 Å². The first-order chi connectivity index (χ1) is 7.81. The molecule has 2 N–H and O–H groups in total. The number of nitrogens with one attached hydrogen (secondary N) is 1. The third-order valence-corrected chi connectivity index (χ3v) is 2.44. The molecule has 1 rings (SSSR count). The lowest BCUT2D eigenvalue weighted by Gasteiger charge is -2.20. The lowest BCUT2D eigenvalue weighted by Crippen LogP contribution is -2.34. The Morgan fingerprint density at radius 3 is 2.31 bits per heavy atom. The van der Waals surface area contributed by atoms with Gasteiger partial charge in [-0.15, -0.1) is 0 Å². The van der Waals surface area contributed by atoms with Gasteiger partial charge in [-0.1, -0.05) is 30.3 Å². The molecule has 4 heteroatoms. The van der Waals surface area contributed by atoms with E-state index in [2.05, 4.69) is 5.32 Å². The molecular weight excluding hydrogens is 206 g/mol. The summed E-state index contributed by atoms with van der Waals surface area (Å²) in [4.78, 5) is 0. The Kier molecular flexibility index (Phi) is 6.03. The summed E-state index contributed by atoms with van der Waals surface area (Å²) in [5.41, 5.74) is 1.05. The molecule has 0 aliphatic carbocycles. The zero-order valence-corrected chi connectivity index (χ0v) is 9.72. The van der Waals surface area contributed by atoms with Crippen molar-refractivity contribution in [3.8, 4) is 0 Å². The van der Waals surface area contributed by atoms with Crippen LogP contribution in [0.1, 0.15) is 11.6 Å². The summed E-state index contributed by atoms with van der Waals surface area (Å²) in [5, 5.41) is 12.5. The minimum atomic E-state index is -0.294.